The van der Waals surface area contributed by atoms with Crippen LogP contribution in [0.25, 0.3) is 0 Å². The van der Waals surface area contributed by atoms with E-state index in [-0.39, 0.29) is 17.9 Å². The number of nitrogens with zero attached hydrogens (tertiary/aromatic N) is 2. The van der Waals surface area contributed by atoms with Crippen molar-refractivity contribution in [3.05, 3.63) is 48.0 Å². The number of hydrogen-bond acceptors (Lipinski definition) is 2. The second-order valence-corrected chi connectivity index (χ2v) is 5.21. The summed E-state index contributed by atoms with van der Waals surface area (Å²) in [6, 6.07) is 12.4. The molecular formula is C16H16N2O. The van der Waals surface area contributed by atoms with Crippen molar-refractivity contribution in [1.29, 1.82) is 5.26 Å². The van der Waals surface area contributed by atoms with Crippen LogP contribution in [0.15, 0.2) is 42.5 Å². The fourth-order valence-corrected chi connectivity index (χ4v) is 3.16. The summed E-state index contributed by atoms with van der Waals surface area (Å²) in [5.41, 5.74) is 1.13. The van der Waals surface area contributed by atoms with Crippen molar-refractivity contribution in [2.75, 3.05) is 0 Å². The lowest BCUT2D eigenvalue weighted by atomic mass is 9.85. The first-order valence-corrected chi connectivity index (χ1v) is 6.72. The van der Waals surface area contributed by atoms with Crippen molar-refractivity contribution >= 4 is 5.91 Å². The number of benzene rings is 1. The Morgan fingerprint density at radius 2 is 2.11 bits per heavy atom. The van der Waals surface area contributed by atoms with E-state index in [2.05, 4.69) is 18.2 Å². The third kappa shape index (κ3) is 2.04. The number of nitriles is 1. The molecule has 2 aliphatic rings. The summed E-state index contributed by atoms with van der Waals surface area (Å²) in [5.74, 6) is -0.423. The van der Waals surface area contributed by atoms with E-state index in [0.717, 1.165) is 18.4 Å². The highest BCUT2D eigenvalue weighted by atomic mass is 16.2. The molecule has 19 heavy (non-hydrogen) atoms. The van der Waals surface area contributed by atoms with Crippen molar-refractivity contribution in [2.45, 2.75) is 25.4 Å². The number of carbonyl (C=O) groups is 1. The summed E-state index contributed by atoms with van der Waals surface area (Å²) < 4.78 is 0. The van der Waals surface area contributed by atoms with Gasteiger partial charge in [-0.3, -0.25) is 4.79 Å². The zero-order valence-corrected chi connectivity index (χ0v) is 10.7. The first kappa shape index (κ1) is 12.0. The van der Waals surface area contributed by atoms with Gasteiger partial charge in [0.15, 0.2) is 0 Å². The van der Waals surface area contributed by atoms with E-state index in [0.29, 0.717) is 6.54 Å². The minimum absolute atomic E-state index is 0.00657. The van der Waals surface area contributed by atoms with E-state index < -0.39 is 5.92 Å². The highest BCUT2D eigenvalue weighted by Gasteiger charge is 2.47. The number of hydrogen-bond donors (Lipinski definition) is 0. The Hall–Kier alpha value is -2.08. The Bertz CT molecular complexity index is 544. The summed E-state index contributed by atoms with van der Waals surface area (Å²) in [7, 11) is 0. The Morgan fingerprint density at radius 1 is 1.32 bits per heavy atom. The molecule has 0 N–H and O–H groups in total. The topological polar surface area (TPSA) is 44.1 Å². The van der Waals surface area contributed by atoms with E-state index in [1.807, 2.05) is 35.2 Å². The highest BCUT2D eigenvalue weighted by molar-refractivity contribution is 5.85. The van der Waals surface area contributed by atoms with Gasteiger partial charge in [0.2, 0.25) is 5.91 Å². The normalized spacial score (nSPS) is 29.1. The molecule has 1 aliphatic heterocycles. The van der Waals surface area contributed by atoms with Crippen LogP contribution in [0.2, 0.25) is 0 Å². The SMILES string of the molecule is N#CC1C(=O)N(Cc2ccccc2)[C@@H]2CCC=C[C@H]12. The van der Waals surface area contributed by atoms with Gasteiger partial charge >= 0.3 is 0 Å². The molecule has 3 rings (SSSR count). The number of rotatable bonds is 2. The zero-order chi connectivity index (χ0) is 13.2. The Morgan fingerprint density at radius 3 is 2.84 bits per heavy atom. The van der Waals surface area contributed by atoms with Crippen LogP contribution >= 0.6 is 0 Å². The van der Waals surface area contributed by atoms with Gasteiger partial charge in [0.05, 0.1) is 6.07 Å². The molecule has 1 heterocycles. The molecule has 1 aromatic carbocycles. The van der Waals surface area contributed by atoms with E-state index in [4.69, 9.17) is 0 Å². The molecule has 1 amide bonds. The van der Waals surface area contributed by atoms with Gasteiger partial charge in [-0.15, -0.1) is 0 Å². The first-order chi connectivity index (χ1) is 9.31. The molecule has 1 aliphatic carbocycles. The number of allylic oxidation sites excluding steroid dienone is 1. The lowest BCUT2D eigenvalue weighted by Gasteiger charge is -2.28. The van der Waals surface area contributed by atoms with Gasteiger partial charge in [0, 0.05) is 18.5 Å². The second-order valence-electron chi connectivity index (χ2n) is 5.21. The van der Waals surface area contributed by atoms with Crippen LogP contribution < -0.4 is 0 Å². The molecule has 3 atom stereocenters. The summed E-state index contributed by atoms with van der Waals surface area (Å²) in [5, 5.41) is 9.23. The van der Waals surface area contributed by atoms with Gasteiger partial charge in [0.25, 0.3) is 0 Å². The van der Waals surface area contributed by atoms with E-state index in [1.54, 1.807) is 0 Å². The standard InChI is InChI=1S/C16H16N2O/c17-10-14-13-8-4-5-9-15(13)18(16(14)19)11-12-6-2-1-3-7-12/h1-4,6-8,13-15H,5,9,11H2/t13-,14?,15-/m1/s1. The molecule has 1 saturated heterocycles. The fourth-order valence-electron chi connectivity index (χ4n) is 3.16. The van der Waals surface area contributed by atoms with Crippen molar-refractivity contribution in [3.8, 4) is 6.07 Å². The summed E-state index contributed by atoms with van der Waals surface area (Å²) in [6.45, 7) is 0.618. The third-order valence-corrected chi connectivity index (χ3v) is 4.10. The number of carbonyl (C=O) groups excluding carboxylic acids is 1. The van der Waals surface area contributed by atoms with Crippen molar-refractivity contribution < 1.29 is 4.79 Å². The van der Waals surface area contributed by atoms with Crippen LogP contribution in [0, 0.1) is 23.2 Å². The van der Waals surface area contributed by atoms with Gasteiger partial charge in [-0.05, 0) is 18.4 Å². The Labute approximate surface area is 113 Å². The maximum absolute atomic E-state index is 12.4. The molecule has 0 spiro atoms. The molecular weight excluding hydrogens is 236 g/mol. The number of amides is 1. The summed E-state index contributed by atoms with van der Waals surface area (Å²) in [4.78, 5) is 14.3. The molecule has 0 aromatic heterocycles. The lowest BCUT2D eigenvalue weighted by Crippen LogP contribution is -2.35. The molecule has 3 nitrogen and oxygen atoms in total. The van der Waals surface area contributed by atoms with Crippen LogP contribution in [0.4, 0.5) is 0 Å². The quantitative estimate of drug-likeness (QED) is 0.759. The lowest BCUT2D eigenvalue weighted by molar-refractivity contribution is -0.131. The Balaban J connectivity index is 1.87. The molecule has 1 aromatic rings. The average Bonchev–Trinajstić information content (AvgIpc) is 2.73. The van der Waals surface area contributed by atoms with Crippen LogP contribution in [0.5, 0.6) is 0 Å². The molecule has 0 saturated carbocycles. The second kappa shape index (κ2) is 4.89. The predicted molar refractivity (Wildman–Crippen MR) is 71.7 cm³/mol. The van der Waals surface area contributed by atoms with Crippen molar-refractivity contribution in [1.82, 2.24) is 4.90 Å². The summed E-state index contributed by atoms with van der Waals surface area (Å²) in [6.07, 6.45) is 6.13. The van der Waals surface area contributed by atoms with E-state index in [9.17, 15) is 10.1 Å². The molecule has 0 radical (unpaired) electrons. The minimum atomic E-state index is -0.495. The maximum Gasteiger partial charge on any atom is 0.241 e. The predicted octanol–water partition coefficient (Wildman–Crippen LogP) is 2.50. The zero-order valence-electron chi connectivity index (χ0n) is 10.7. The smallest absolute Gasteiger partial charge is 0.241 e. The van der Waals surface area contributed by atoms with E-state index >= 15 is 0 Å². The van der Waals surface area contributed by atoms with Crippen LogP contribution in [-0.4, -0.2) is 16.8 Å². The molecule has 1 fully saturated rings. The van der Waals surface area contributed by atoms with Crippen LogP contribution in [0.1, 0.15) is 18.4 Å². The highest BCUT2D eigenvalue weighted by Crippen LogP contribution is 2.37. The molecule has 0 bridgehead atoms. The maximum atomic E-state index is 12.4. The van der Waals surface area contributed by atoms with Gasteiger partial charge in [-0.2, -0.15) is 5.26 Å². The monoisotopic (exact) mass is 252 g/mol. The minimum Gasteiger partial charge on any atom is -0.334 e. The van der Waals surface area contributed by atoms with Gasteiger partial charge < -0.3 is 4.90 Å². The van der Waals surface area contributed by atoms with E-state index in [1.165, 1.54) is 0 Å². The number of fused-ring (bicyclic) bond motifs is 1. The van der Waals surface area contributed by atoms with Crippen molar-refractivity contribution in [3.63, 3.8) is 0 Å². The fraction of sp³-hybridized carbons (Fsp3) is 0.375. The van der Waals surface area contributed by atoms with Gasteiger partial charge in [-0.1, -0.05) is 42.5 Å². The molecule has 96 valence electrons. The number of likely N-dealkylation sites (tertiary alicyclic amines) is 1. The average molecular weight is 252 g/mol. The molecule has 3 heteroatoms. The Kier molecular flexibility index (Phi) is 3.08. The van der Waals surface area contributed by atoms with Gasteiger partial charge in [-0.25, -0.2) is 0 Å². The molecule has 1 unspecified atom stereocenters. The largest absolute Gasteiger partial charge is 0.334 e. The van der Waals surface area contributed by atoms with Crippen LogP contribution in [0.3, 0.4) is 0 Å². The summed E-state index contributed by atoms with van der Waals surface area (Å²) >= 11 is 0. The van der Waals surface area contributed by atoms with Crippen molar-refractivity contribution in [2.24, 2.45) is 11.8 Å². The first-order valence-electron chi connectivity index (χ1n) is 6.72. The van der Waals surface area contributed by atoms with Gasteiger partial charge in [0.1, 0.15) is 5.92 Å². The third-order valence-electron chi connectivity index (χ3n) is 4.10. The van der Waals surface area contributed by atoms with Crippen LogP contribution in [-0.2, 0) is 11.3 Å².